The summed E-state index contributed by atoms with van der Waals surface area (Å²) < 4.78 is 1.83. The van der Waals surface area contributed by atoms with E-state index in [1.807, 2.05) is 23.5 Å². The molecule has 0 saturated heterocycles. The second kappa shape index (κ2) is 3.92. The molecule has 0 aliphatic rings. The third-order valence-corrected chi connectivity index (χ3v) is 2.75. The predicted molar refractivity (Wildman–Crippen MR) is 60.3 cm³/mol. The number of nitrogen functional groups attached to an aromatic ring is 1. The molecule has 2 N–H and O–H groups in total. The monoisotopic (exact) mass is 205 g/mol. The largest absolute Gasteiger partial charge is 0.382 e. The summed E-state index contributed by atoms with van der Waals surface area (Å²) >= 11 is 1.74. The van der Waals surface area contributed by atoms with Gasteiger partial charge in [0.05, 0.1) is 5.69 Å². The molecule has 2 heterocycles. The summed E-state index contributed by atoms with van der Waals surface area (Å²) in [6, 6.07) is 3.97. The second-order valence-corrected chi connectivity index (χ2v) is 3.91. The molecule has 71 valence electrons. The molecule has 2 aromatic heterocycles. The number of hydrogen-bond acceptors (Lipinski definition) is 4. The van der Waals surface area contributed by atoms with Gasteiger partial charge in [-0.25, -0.2) is 21.1 Å². The molecule has 2 rings (SSSR count). The fourth-order valence-electron chi connectivity index (χ4n) is 1.29. The molecule has 0 aliphatic carbocycles. The van der Waals surface area contributed by atoms with Gasteiger partial charge in [0.15, 0.2) is 12.4 Å². The van der Waals surface area contributed by atoms with E-state index >= 15 is 0 Å². The Morgan fingerprint density at radius 3 is 3.21 bits per heavy atom. The number of hydrogen-bond donors (Lipinski definition) is 1. The van der Waals surface area contributed by atoms with Gasteiger partial charge in [-0.05, 0) is 12.1 Å². The second-order valence-electron chi connectivity index (χ2n) is 2.81. The molecule has 0 bridgehead atoms. The predicted octanol–water partition coefficient (Wildman–Crippen LogP) is 1.21. The Labute approximate surface area is 87.0 Å². The first-order valence-electron chi connectivity index (χ1n) is 4.29. The van der Waals surface area contributed by atoms with Gasteiger partial charge in [-0.3, -0.25) is 0 Å². The van der Waals surface area contributed by atoms with Crippen molar-refractivity contribution in [2.75, 3.05) is 5.73 Å². The van der Waals surface area contributed by atoms with Crippen molar-refractivity contribution >= 4 is 29.5 Å². The van der Waals surface area contributed by atoms with Crippen molar-refractivity contribution in [2.45, 2.75) is 12.6 Å². The van der Waals surface area contributed by atoms with Gasteiger partial charge in [0, 0.05) is 5.75 Å². The summed E-state index contributed by atoms with van der Waals surface area (Å²) in [6.45, 7) is 4.08. The molecule has 0 fully saturated rings. The summed E-state index contributed by atoms with van der Waals surface area (Å²) in [5, 5.41) is 4.15. The van der Waals surface area contributed by atoms with Crippen LogP contribution >= 0.6 is 11.6 Å². The van der Waals surface area contributed by atoms with Crippen molar-refractivity contribution in [3.63, 3.8) is 0 Å². The van der Waals surface area contributed by atoms with Crippen LogP contribution in [-0.4, -0.2) is 21.2 Å². The highest BCUT2D eigenvalue weighted by Crippen LogP contribution is 2.16. The summed E-state index contributed by atoms with van der Waals surface area (Å²) in [6.07, 6.45) is 1.48. The fraction of sp³-hybridized carbons (Fsp3) is 0.250. The number of nitrogens with two attached hydrogens (primary N) is 1. The van der Waals surface area contributed by atoms with E-state index < -0.39 is 0 Å². The molecule has 6 heteroatoms. The topological polar surface area (TPSA) is 56.2 Å². The van der Waals surface area contributed by atoms with Crippen molar-refractivity contribution in [3.8, 4) is 0 Å². The first-order valence-corrected chi connectivity index (χ1v) is 5.34. The van der Waals surface area contributed by atoms with E-state index in [1.54, 1.807) is 11.6 Å². The van der Waals surface area contributed by atoms with Crippen LogP contribution in [0.15, 0.2) is 18.5 Å². The maximum absolute atomic E-state index is 5.71. The van der Waals surface area contributed by atoms with Crippen molar-refractivity contribution in [1.82, 2.24) is 14.6 Å². The number of nitrogens with zero attached hydrogens (tertiary/aromatic N) is 3. The summed E-state index contributed by atoms with van der Waals surface area (Å²) in [4.78, 5) is 3.93. The summed E-state index contributed by atoms with van der Waals surface area (Å²) in [5.74, 6) is 1.43. The van der Waals surface area contributed by atoms with E-state index in [0.29, 0.717) is 5.82 Å². The summed E-state index contributed by atoms with van der Waals surface area (Å²) in [5.41, 5.74) is 7.72. The third-order valence-electron chi connectivity index (χ3n) is 1.96. The van der Waals surface area contributed by atoms with Crippen LogP contribution < -0.4 is 5.73 Å². The third kappa shape index (κ3) is 1.57. The maximum Gasteiger partial charge on any atom is 0.189 e. The van der Waals surface area contributed by atoms with Gasteiger partial charge in [-0.2, -0.15) is 5.10 Å². The zero-order valence-corrected chi connectivity index (χ0v) is 8.66. The minimum atomic E-state index is 0.525. The lowest BCUT2D eigenvalue weighted by atomic mass is 10.2. The molecule has 0 amide bonds. The average molecular weight is 205 g/mol. The molecular formula is C8H10BN4S. The van der Waals surface area contributed by atoms with Gasteiger partial charge in [0.1, 0.15) is 11.8 Å². The smallest absolute Gasteiger partial charge is 0.189 e. The Kier molecular flexibility index (Phi) is 2.63. The normalized spacial score (nSPS) is 10.6. The Morgan fingerprint density at radius 1 is 1.57 bits per heavy atom. The molecule has 0 spiro atoms. The minimum Gasteiger partial charge on any atom is -0.382 e. The quantitative estimate of drug-likeness (QED) is 0.765. The van der Waals surface area contributed by atoms with Crippen LogP contribution in [-0.2, 0) is 5.75 Å². The molecule has 14 heavy (non-hydrogen) atoms. The summed E-state index contributed by atoms with van der Waals surface area (Å²) in [7, 11) is 0. The fourth-order valence-corrected chi connectivity index (χ4v) is 1.84. The first-order chi connectivity index (χ1) is 6.83. The lowest BCUT2D eigenvalue weighted by Crippen LogP contribution is -2.01. The SMILES string of the molecule is C[B]SCc1ccc2c(N)ncnn12. The van der Waals surface area contributed by atoms with E-state index in [4.69, 9.17) is 5.73 Å². The van der Waals surface area contributed by atoms with Crippen molar-refractivity contribution in [1.29, 1.82) is 0 Å². The number of anilines is 1. The van der Waals surface area contributed by atoms with E-state index in [9.17, 15) is 0 Å². The van der Waals surface area contributed by atoms with Crippen molar-refractivity contribution < 1.29 is 0 Å². The molecule has 0 aliphatic heterocycles. The number of fused-ring (bicyclic) bond motifs is 1. The van der Waals surface area contributed by atoms with Crippen molar-refractivity contribution in [2.24, 2.45) is 0 Å². The van der Waals surface area contributed by atoms with E-state index in [2.05, 4.69) is 16.6 Å². The molecule has 0 unspecified atom stereocenters. The highest BCUT2D eigenvalue weighted by Gasteiger charge is 2.04. The minimum absolute atomic E-state index is 0.525. The standard InChI is InChI=1S/C8H10BN4S/c1-9-14-4-6-2-3-7-8(10)11-5-12-13(6)7/h2-3,5H,4H2,1H3,(H2,10,11,12). The van der Waals surface area contributed by atoms with Gasteiger partial charge < -0.3 is 5.73 Å². The number of rotatable bonds is 3. The van der Waals surface area contributed by atoms with Gasteiger partial charge in [0.25, 0.3) is 0 Å². The average Bonchev–Trinajstić information content (AvgIpc) is 2.60. The Bertz CT molecular complexity index is 442. The molecular weight excluding hydrogens is 195 g/mol. The van der Waals surface area contributed by atoms with E-state index in [1.165, 1.54) is 6.33 Å². The Morgan fingerprint density at radius 2 is 2.43 bits per heavy atom. The Hall–Kier alpha value is -1.17. The van der Waals surface area contributed by atoms with Crippen LogP contribution in [0.1, 0.15) is 5.69 Å². The zero-order valence-electron chi connectivity index (χ0n) is 7.84. The van der Waals surface area contributed by atoms with Crippen LogP contribution in [0, 0.1) is 0 Å². The van der Waals surface area contributed by atoms with E-state index in [-0.39, 0.29) is 0 Å². The first kappa shape index (κ1) is 9.39. The molecule has 0 saturated carbocycles. The van der Waals surface area contributed by atoms with Crippen LogP contribution in [0.3, 0.4) is 0 Å². The molecule has 0 aromatic carbocycles. The van der Waals surface area contributed by atoms with Crippen LogP contribution in [0.2, 0.25) is 6.82 Å². The maximum atomic E-state index is 5.71. The van der Waals surface area contributed by atoms with Gasteiger partial charge in [0.2, 0.25) is 0 Å². The van der Waals surface area contributed by atoms with Crippen molar-refractivity contribution in [3.05, 3.63) is 24.2 Å². The molecule has 1 radical (unpaired) electrons. The van der Waals surface area contributed by atoms with Crippen LogP contribution in [0.5, 0.6) is 0 Å². The lowest BCUT2D eigenvalue weighted by Gasteiger charge is -2.00. The molecule has 0 atom stereocenters. The van der Waals surface area contributed by atoms with Crippen LogP contribution in [0.25, 0.3) is 5.52 Å². The highest BCUT2D eigenvalue weighted by molar-refractivity contribution is 8.21. The van der Waals surface area contributed by atoms with Gasteiger partial charge >= 0.3 is 0 Å². The Balaban J connectivity index is 2.42. The van der Waals surface area contributed by atoms with Crippen LogP contribution in [0.4, 0.5) is 5.82 Å². The number of aromatic nitrogens is 3. The van der Waals surface area contributed by atoms with E-state index in [0.717, 1.165) is 17.0 Å². The molecule has 4 nitrogen and oxygen atoms in total. The van der Waals surface area contributed by atoms with Gasteiger partial charge in [-0.1, -0.05) is 6.82 Å². The lowest BCUT2D eigenvalue weighted by molar-refractivity contribution is 0.870. The highest BCUT2D eigenvalue weighted by atomic mass is 32.2. The zero-order chi connectivity index (χ0) is 9.97. The van der Waals surface area contributed by atoms with Gasteiger partial charge in [-0.15, -0.1) is 0 Å². The molecule has 2 aromatic rings.